The van der Waals surface area contributed by atoms with E-state index >= 15 is 0 Å². The summed E-state index contributed by atoms with van der Waals surface area (Å²) in [5, 5.41) is 0. The fourth-order valence-corrected chi connectivity index (χ4v) is 2.55. The van der Waals surface area contributed by atoms with Gasteiger partial charge in [0.2, 0.25) is 5.91 Å². The highest BCUT2D eigenvalue weighted by Gasteiger charge is 2.25. The van der Waals surface area contributed by atoms with Crippen molar-refractivity contribution < 1.29 is 13.6 Å². The van der Waals surface area contributed by atoms with Gasteiger partial charge in [-0.05, 0) is 6.07 Å². The molecule has 1 aromatic carbocycles. The molecule has 3 rings (SSSR count). The van der Waals surface area contributed by atoms with Crippen LogP contribution >= 0.6 is 0 Å². The van der Waals surface area contributed by atoms with E-state index in [-0.39, 0.29) is 30.1 Å². The zero-order valence-electron chi connectivity index (χ0n) is 13.1. The molecular formula is C16H16F2N4O2. The van der Waals surface area contributed by atoms with Crippen LogP contribution in [0.3, 0.4) is 0 Å². The van der Waals surface area contributed by atoms with E-state index in [2.05, 4.69) is 4.98 Å². The Labute approximate surface area is 136 Å². The maximum atomic E-state index is 13.7. The van der Waals surface area contributed by atoms with Gasteiger partial charge in [-0.15, -0.1) is 0 Å². The number of nitrogens with zero attached hydrogens (tertiary/aromatic N) is 4. The van der Waals surface area contributed by atoms with Crippen LogP contribution in [0.5, 0.6) is 0 Å². The minimum atomic E-state index is -0.668. The van der Waals surface area contributed by atoms with Gasteiger partial charge in [-0.3, -0.25) is 9.59 Å². The molecule has 0 N–H and O–H groups in total. The summed E-state index contributed by atoms with van der Waals surface area (Å²) in [6.07, 6.45) is 1.41. The molecule has 126 valence electrons. The normalized spacial score (nSPS) is 15.0. The third-order valence-electron chi connectivity index (χ3n) is 3.98. The first-order chi connectivity index (χ1) is 11.4. The summed E-state index contributed by atoms with van der Waals surface area (Å²) in [5.41, 5.74) is 0.0631. The second-order valence-electron chi connectivity index (χ2n) is 5.67. The van der Waals surface area contributed by atoms with Crippen LogP contribution in [-0.4, -0.2) is 40.0 Å². The van der Waals surface area contributed by atoms with Gasteiger partial charge in [-0.1, -0.05) is 6.07 Å². The number of carbonyl (C=O) groups excluding carboxylic acids is 1. The van der Waals surface area contributed by atoms with Crippen LogP contribution in [-0.2, 0) is 18.4 Å². The molecule has 1 fully saturated rings. The maximum absolute atomic E-state index is 13.7. The predicted molar refractivity (Wildman–Crippen MR) is 83.5 cm³/mol. The number of aryl methyl sites for hydroxylation is 1. The minimum absolute atomic E-state index is 0.0585. The topological polar surface area (TPSA) is 58.4 Å². The SMILES string of the molecule is Cn1cnc(N2CCN(Cc3ccc(F)cc3F)C(=O)C2)cc1=O. The minimum Gasteiger partial charge on any atom is -0.345 e. The first kappa shape index (κ1) is 16.1. The van der Waals surface area contributed by atoms with Crippen molar-refractivity contribution in [2.24, 2.45) is 7.05 Å². The van der Waals surface area contributed by atoms with Crippen molar-refractivity contribution in [2.45, 2.75) is 6.54 Å². The van der Waals surface area contributed by atoms with Crippen molar-refractivity contribution in [1.29, 1.82) is 0 Å². The van der Waals surface area contributed by atoms with E-state index in [0.29, 0.717) is 18.9 Å². The van der Waals surface area contributed by atoms with Crippen molar-refractivity contribution in [1.82, 2.24) is 14.5 Å². The summed E-state index contributed by atoms with van der Waals surface area (Å²) in [4.78, 5) is 31.3. The van der Waals surface area contributed by atoms with Crippen LogP contribution in [0, 0.1) is 11.6 Å². The highest BCUT2D eigenvalue weighted by Crippen LogP contribution is 2.16. The van der Waals surface area contributed by atoms with Crippen molar-refractivity contribution >= 4 is 11.7 Å². The number of amides is 1. The van der Waals surface area contributed by atoms with Gasteiger partial charge in [0, 0.05) is 44.4 Å². The highest BCUT2D eigenvalue weighted by atomic mass is 19.1. The van der Waals surface area contributed by atoms with E-state index in [4.69, 9.17) is 0 Å². The lowest BCUT2D eigenvalue weighted by Crippen LogP contribution is -2.50. The van der Waals surface area contributed by atoms with Crippen LogP contribution in [0.15, 0.2) is 35.4 Å². The Morgan fingerprint density at radius 2 is 1.96 bits per heavy atom. The van der Waals surface area contributed by atoms with Crippen LogP contribution in [0.25, 0.3) is 0 Å². The molecule has 24 heavy (non-hydrogen) atoms. The van der Waals surface area contributed by atoms with Gasteiger partial charge in [0.15, 0.2) is 0 Å². The monoisotopic (exact) mass is 334 g/mol. The van der Waals surface area contributed by atoms with E-state index in [0.717, 1.165) is 6.07 Å². The summed E-state index contributed by atoms with van der Waals surface area (Å²) in [5.74, 6) is -1.07. The predicted octanol–water partition coefficient (Wildman–Crippen LogP) is 0.907. The number of piperazine rings is 1. The average molecular weight is 334 g/mol. The number of hydrogen-bond acceptors (Lipinski definition) is 4. The van der Waals surface area contributed by atoms with Gasteiger partial charge in [-0.2, -0.15) is 0 Å². The summed E-state index contributed by atoms with van der Waals surface area (Å²) in [6, 6.07) is 4.69. The number of benzene rings is 1. The lowest BCUT2D eigenvalue weighted by atomic mass is 10.1. The van der Waals surface area contributed by atoms with Crippen LogP contribution in [0.1, 0.15) is 5.56 Å². The van der Waals surface area contributed by atoms with E-state index in [1.807, 2.05) is 0 Å². The molecule has 1 aliphatic rings. The van der Waals surface area contributed by atoms with Gasteiger partial charge in [0.05, 0.1) is 12.9 Å². The van der Waals surface area contributed by atoms with Crippen molar-refractivity contribution in [3.05, 3.63) is 58.1 Å². The van der Waals surface area contributed by atoms with Crippen molar-refractivity contribution in [3.8, 4) is 0 Å². The van der Waals surface area contributed by atoms with Crippen LogP contribution < -0.4 is 10.5 Å². The molecule has 0 unspecified atom stereocenters. The quantitative estimate of drug-likeness (QED) is 0.837. The number of halogens is 2. The molecule has 0 saturated carbocycles. The standard InChI is InChI=1S/C16H16F2N4O2/c1-20-10-19-14(7-15(20)23)21-4-5-22(16(24)9-21)8-11-2-3-12(17)6-13(11)18/h2-3,6-7,10H,4-5,8-9H2,1H3. The maximum Gasteiger partial charge on any atom is 0.255 e. The third kappa shape index (κ3) is 3.27. The number of aromatic nitrogens is 2. The number of hydrogen-bond donors (Lipinski definition) is 0. The lowest BCUT2D eigenvalue weighted by molar-refractivity contribution is -0.131. The summed E-state index contributed by atoms with van der Waals surface area (Å²) in [6.45, 7) is 0.993. The number of anilines is 1. The van der Waals surface area contributed by atoms with Crippen molar-refractivity contribution in [2.75, 3.05) is 24.5 Å². The Bertz CT molecular complexity index is 837. The summed E-state index contributed by atoms with van der Waals surface area (Å²) in [7, 11) is 1.60. The fraction of sp³-hybridized carbons (Fsp3) is 0.312. The van der Waals surface area contributed by atoms with E-state index < -0.39 is 11.6 Å². The molecule has 1 saturated heterocycles. The Morgan fingerprint density at radius 1 is 1.17 bits per heavy atom. The Balaban J connectivity index is 1.70. The van der Waals surface area contributed by atoms with E-state index in [1.54, 1.807) is 11.9 Å². The van der Waals surface area contributed by atoms with Crippen LogP contribution in [0.4, 0.5) is 14.6 Å². The van der Waals surface area contributed by atoms with Crippen molar-refractivity contribution in [3.63, 3.8) is 0 Å². The molecule has 2 aromatic rings. The molecule has 0 radical (unpaired) electrons. The summed E-state index contributed by atoms with van der Waals surface area (Å²) >= 11 is 0. The molecular weight excluding hydrogens is 318 g/mol. The first-order valence-corrected chi connectivity index (χ1v) is 7.43. The number of carbonyl (C=O) groups is 1. The second kappa shape index (κ2) is 6.38. The van der Waals surface area contributed by atoms with Gasteiger partial charge < -0.3 is 14.4 Å². The summed E-state index contributed by atoms with van der Waals surface area (Å²) < 4.78 is 28.0. The molecule has 1 aliphatic heterocycles. The molecule has 1 aromatic heterocycles. The van der Waals surface area contributed by atoms with E-state index in [1.165, 1.54) is 34.0 Å². The molecule has 2 heterocycles. The molecule has 0 aliphatic carbocycles. The Kier molecular flexibility index (Phi) is 4.28. The first-order valence-electron chi connectivity index (χ1n) is 7.43. The van der Waals surface area contributed by atoms with E-state index in [9.17, 15) is 18.4 Å². The van der Waals surface area contributed by atoms with Gasteiger partial charge in [-0.25, -0.2) is 13.8 Å². The average Bonchev–Trinajstić information content (AvgIpc) is 2.54. The Hall–Kier alpha value is -2.77. The molecule has 8 heteroatoms. The number of rotatable bonds is 3. The molecule has 0 spiro atoms. The fourth-order valence-electron chi connectivity index (χ4n) is 2.55. The largest absolute Gasteiger partial charge is 0.345 e. The zero-order valence-corrected chi connectivity index (χ0v) is 13.1. The second-order valence-corrected chi connectivity index (χ2v) is 5.67. The zero-order chi connectivity index (χ0) is 17.3. The third-order valence-corrected chi connectivity index (χ3v) is 3.98. The lowest BCUT2D eigenvalue weighted by Gasteiger charge is -2.35. The van der Waals surface area contributed by atoms with Gasteiger partial charge in [0.1, 0.15) is 17.5 Å². The molecule has 1 amide bonds. The molecule has 0 atom stereocenters. The molecule has 0 bridgehead atoms. The Morgan fingerprint density at radius 3 is 2.62 bits per heavy atom. The van der Waals surface area contributed by atoms with Gasteiger partial charge >= 0.3 is 0 Å². The van der Waals surface area contributed by atoms with Gasteiger partial charge in [0.25, 0.3) is 5.56 Å². The smallest absolute Gasteiger partial charge is 0.255 e. The highest BCUT2D eigenvalue weighted by molar-refractivity contribution is 5.82. The molecule has 6 nitrogen and oxygen atoms in total. The van der Waals surface area contributed by atoms with Crippen LogP contribution in [0.2, 0.25) is 0 Å².